The van der Waals surface area contributed by atoms with Crippen LogP contribution in [0.5, 0.6) is 5.75 Å². The molecule has 2 N–H and O–H groups in total. The summed E-state index contributed by atoms with van der Waals surface area (Å²) >= 11 is 8.35. The average molecular weight is 288 g/mol. The Morgan fingerprint density at radius 2 is 2.00 bits per heavy atom. The predicted octanol–water partition coefficient (Wildman–Crippen LogP) is 3.26. The van der Waals surface area contributed by atoms with Gasteiger partial charge in [-0.25, -0.2) is 0 Å². The van der Waals surface area contributed by atoms with E-state index in [1.165, 1.54) is 0 Å². The summed E-state index contributed by atoms with van der Waals surface area (Å²) in [7, 11) is 0. The average Bonchev–Trinajstić information content (AvgIpc) is 2.05. The molecule has 0 saturated carbocycles. The third kappa shape index (κ3) is 3.80. The highest BCUT2D eigenvalue weighted by molar-refractivity contribution is 9.10. The molecule has 0 aliphatic carbocycles. The molecule has 2 nitrogen and oxygen atoms in total. The Balaban J connectivity index is 3.12. The molecule has 0 atom stereocenters. The molecule has 0 aliphatic rings. The van der Waals surface area contributed by atoms with E-state index in [9.17, 15) is 0 Å². The molecule has 0 fully saturated rings. The van der Waals surface area contributed by atoms with Gasteiger partial charge in [-0.05, 0) is 39.0 Å². The van der Waals surface area contributed by atoms with Gasteiger partial charge in [-0.3, -0.25) is 0 Å². The van der Waals surface area contributed by atoms with E-state index >= 15 is 0 Å². The van der Waals surface area contributed by atoms with Gasteiger partial charge >= 0.3 is 0 Å². The van der Waals surface area contributed by atoms with Gasteiger partial charge in [0.15, 0.2) is 0 Å². The summed E-state index contributed by atoms with van der Waals surface area (Å²) in [4.78, 5) is 0.343. The minimum absolute atomic E-state index is 0.257. The number of rotatable bonds is 2. The molecule has 0 aromatic heterocycles. The van der Waals surface area contributed by atoms with Crippen LogP contribution in [0.2, 0.25) is 0 Å². The normalized spacial score (nSPS) is 11.2. The van der Waals surface area contributed by atoms with E-state index in [2.05, 4.69) is 15.9 Å². The zero-order valence-electron chi connectivity index (χ0n) is 9.00. The number of halogens is 1. The van der Waals surface area contributed by atoms with Gasteiger partial charge in [0.05, 0.1) is 5.56 Å². The second-order valence-electron chi connectivity index (χ2n) is 4.22. The highest BCUT2D eigenvalue weighted by atomic mass is 79.9. The van der Waals surface area contributed by atoms with Crippen LogP contribution in [0.25, 0.3) is 0 Å². The van der Waals surface area contributed by atoms with Crippen molar-refractivity contribution in [3.05, 3.63) is 28.2 Å². The van der Waals surface area contributed by atoms with E-state index < -0.39 is 0 Å². The van der Waals surface area contributed by atoms with Crippen LogP contribution in [0, 0.1) is 0 Å². The number of ether oxygens (including phenoxy) is 1. The Kier molecular flexibility index (Phi) is 3.73. The van der Waals surface area contributed by atoms with Crippen LogP contribution in [-0.2, 0) is 0 Å². The van der Waals surface area contributed by atoms with Crippen LogP contribution < -0.4 is 10.5 Å². The number of hydrogen-bond acceptors (Lipinski definition) is 2. The summed E-state index contributed by atoms with van der Waals surface area (Å²) in [6.45, 7) is 5.95. The van der Waals surface area contributed by atoms with Crippen molar-refractivity contribution in [2.75, 3.05) is 0 Å². The second-order valence-corrected chi connectivity index (χ2v) is 5.57. The number of nitrogens with two attached hydrogens (primary N) is 1. The first-order valence-corrected chi connectivity index (χ1v) is 5.78. The lowest BCUT2D eigenvalue weighted by Gasteiger charge is -2.23. The standard InChI is InChI=1S/C11H14BrNOS/c1-11(2,3)14-9-5-4-7(12)6-8(9)10(13)15/h4-6H,1-3H3,(H2,13,15). The van der Waals surface area contributed by atoms with Gasteiger partial charge < -0.3 is 10.5 Å². The molecule has 4 heteroatoms. The molecule has 15 heavy (non-hydrogen) atoms. The molecule has 1 aromatic rings. The smallest absolute Gasteiger partial charge is 0.130 e. The van der Waals surface area contributed by atoms with E-state index in [0.717, 1.165) is 15.8 Å². The zero-order chi connectivity index (χ0) is 11.6. The molecule has 0 bridgehead atoms. The molecular weight excluding hydrogens is 274 g/mol. The maximum Gasteiger partial charge on any atom is 0.130 e. The van der Waals surface area contributed by atoms with E-state index in [0.29, 0.717) is 4.99 Å². The summed E-state index contributed by atoms with van der Waals surface area (Å²) in [5.41, 5.74) is 6.13. The van der Waals surface area contributed by atoms with Crippen LogP contribution in [-0.4, -0.2) is 10.6 Å². The quantitative estimate of drug-likeness (QED) is 0.848. The molecule has 0 unspecified atom stereocenters. The molecule has 1 rings (SSSR count). The predicted molar refractivity (Wildman–Crippen MR) is 70.4 cm³/mol. The summed E-state index contributed by atoms with van der Waals surface area (Å²) in [6, 6.07) is 5.64. The fourth-order valence-corrected chi connectivity index (χ4v) is 1.63. The lowest BCUT2D eigenvalue weighted by Crippen LogP contribution is -2.25. The number of hydrogen-bond donors (Lipinski definition) is 1. The topological polar surface area (TPSA) is 35.2 Å². The molecule has 0 heterocycles. The number of thiocarbonyl (C=S) groups is 1. The lowest BCUT2D eigenvalue weighted by molar-refractivity contribution is 0.130. The Bertz CT molecular complexity index is 385. The summed E-state index contributed by atoms with van der Waals surface area (Å²) in [6.07, 6.45) is 0. The van der Waals surface area contributed by atoms with Crippen LogP contribution >= 0.6 is 28.1 Å². The Hall–Kier alpha value is -0.610. The van der Waals surface area contributed by atoms with Gasteiger partial charge in [0.25, 0.3) is 0 Å². The van der Waals surface area contributed by atoms with Gasteiger partial charge in [0.2, 0.25) is 0 Å². The van der Waals surface area contributed by atoms with Gasteiger partial charge in [-0.2, -0.15) is 0 Å². The van der Waals surface area contributed by atoms with Crippen LogP contribution in [0.15, 0.2) is 22.7 Å². The van der Waals surface area contributed by atoms with Gasteiger partial charge in [0, 0.05) is 4.47 Å². The maximum atomic E-state index is 5.76. The molecule has 0 amide bonds. The summed E-state index contributed by atoms with van der Waals surface area (Å²) in [5, 5.41) is 0. The maximum absolute atomic E-state index is 5.76. The molecule has 0 aliphatic heterocycles. The lowest BCUT2D eigenvalue weighted by atomic mass is 10.1. The van der Waals surface area contributed by atoms with E-state index in [1.807, 2.05) is 39.0 Å². The Morgan fingerprint density at radius 1 is 1.40 bits per heavy atom. The van der Waals surface area contributed by atoms with Crippen molar-refractivity contribution in [2.45, 2.75) is 26.4 Å². The third-order valence-corrected chi connectivity index (χ3v) is 2.34. The van der Waals surface area contributed by atoms with Crippen LogP contribution in [0.3, 0.4) is 0 Å². The molecule has 1 aromatic carbocycles. The first-order chi connectivity index (χ1) is 6.79. The van der Waals surface area contributed by atoms with Crippen molar-refractivity contribution in [3.8, 4) is 5.75 Å². The fourth-order valence-electron chi connectivity index (χ4n) is 1.11. The fraction of sp³-hybridized carbons (Fsp3) is 0.364. The van der Waals surface area contributed by atoms with E-state index in [-0.39, 0.29) is 5.60 Å². The minimum atomic E-state index is -0.257. The van der Waals surface area contributed by atoms with Crippen LogP contribution in [0.4, 0.5) is 0 Å². The minimum Gasteiger partial charge on any atom is -0.487 e. The highest BCUT2D eigenvalue weighted by Crippen LogP contribution is 2.26. The van der Waals surface area contributed by atoms with Crippen molar-refractivity contribution in [1.82, 2.24) is 0 Å². The summed E-state index contributed by atoms with van der Waals surface area (Å²) in [5.74, 6) is 0.721. The molecule has 82 valence electrons. The highest BCUT2D eigenvalue weighted by Gasteiger charge is 2.15. The van der Waals surface area contributed by atoms with Gasteiger partial charge in [-0.15, -0.1) is 0 Å². The first-order valence-electron chi connectivity index (χ1n) is 4.58. The third-order valence-electron chi connectivity index (χ3n) is 1.62. The van der Waals surface area contributed by atoms with Gasteiger partial charge in [-0.1, -0.05) is 28.1 Å². The largest absolute Gasteiger partial charge is 0.487 e. The molecule has 0 saturated heterocycles. The summed E-state index contributed by atoms with van der Waals surface area (Å²) < 4.78 is 6.70. The van der Waals surface area contributed by atoms with Crippen molar-refractivity contribution in [1.29, 1.82) is 0 Å². The van der Waals surface area contributed by atoms with Gasteiger partial charge in [0.1, 0.15) is 16.3 Å². The second kappa shape index (κ2) is 4.49. The molecular formula is C11H14BrNOS. The van der Waals surface area contributed by atoms with Crippen molar-refractivity contribution >= 4 is 33.1 Å². The molecule has 0 spiro atoms. The van der Waals surface area contributed by atoms with Crippen molar-refractivity contribution in [2.24, 2.45) is 5.73 Å². The Morgan fingerprint density at radius 3 is 2.47 bits per heavy atom. The van der Waals surface area contributed by atoms with E-state index in [4.69, 9.17) is 22.7 Å². The van der Waals surface area contributed by atoms with E-state index in [1.54, 1.807) is 0 Å². The number of benzene rings is 1. The first kappa shape index (κ1) is 12.5. The van der Waals surface area contributed by atoms with Crippen molar-refractivity contribution in [3.63, 3.8) is 0 Å². The molecule has 0 radical (unpaired) electrons. The van der Waals surface area contributed by atoms with Crippen molar-refractivity contribution < 1.29 is 4.74 Å². The zero-order valence-corrected chi connectivity index (χ0v) is 11.4. The SMILES string of the molecule is CC(C)(C)Oc1ccc(Br)cc1C(N)=S. The monoisotopic (exact) mass is 287 g/mol. The van der Waals surface area contributed by atoms with Crippen LogP contribution in [0.1, 0.15) is 26.3 Å². The Labute approximate surface area is 104 Å².